The molecule has 7 heteroatoms. The van der Waals surface area contributed by atoms with Gasteiger partial charge in [-0.2, -0.15) is 0 Å². The fourth-order valence-electron chi connectivity index (χ4n) is 0.739. The molecule has 0 unspecified atom stereocenters. The van der Waals surface area contributed by atoms with Gasteiger partial charge in [-0.05, 0) is 22.0 Å². The van der Waals surface area contributed by atoms with E-state index in [1.165, 1.54) is 0 Å². The molecular formula is C6H3BrN2O4. The minimum absolute atomic E-state index is 0.246. The van der Waals surface area contributed by atoms with Crippen molar-refractivity contribution >= 4 is 27.6 Å². The Kier molecular flexibility index (Phi) is 2.57. The van der Waals surface area contributed by atoms with Crippen LogP contribution in [-0.2, 0) is 0 Å². The molecule has 6 nitrogen and oxygen atoms in total. The summed E-state index contributed by atoms with van der Waals surface area (Å²) in [5.74, 6) is -1.35. The Bertz CT molecular complexity index is 379. The second-order valence-corrected chi connectivity index (χ2v) is 2.90. The van der Waals surface area contributed by atoms with Gasteiger partial charge in [-0.1, -0.05) is 0 Å². The van der Waals surface area contributed by atoms with Crippen LogP contribution in [0.4, 0.5) is 5.69 Å². The standard InChI is InChI=1S/C6H3BrN2O4/c7-5-1-3(6(10)11)4(2-8-5)9(12)13/h1-2H,(H,10,11). The number of carbonyl (C=O) groups is 1. The average molecular weight is 247 g/mol. The maximum Gasteiger partial charge on any atom is 0.342 e. The van der Waals surface area contributed by atoms with Crippen molar-refractivity contribution in [3.63, 3.8) is 0 Å². The summed E-state index contributed by atoms with van der Waals surface area (Å²) in [6.45, 7) is 0. The van der Waals surface area contributed by atoms with E-state index in [1.54, 1.807) is 0 Å². The van der Waals surface area contributed by atoms with E-state index in [0.717, 1.165) is 12.3 Å². The number of rotatable bonds is 2. The Morgan fingerprint density at radius 2 is 2.31 bits per heavy atom. The normalized spacial score (nSPS) is 9.62. The summed E-state index contributed by atoms with van der Waals surface area (Å²) in [6, 6.07) is 1.08. The van der Waals surface area contributed by atoms with Crippen molar-refractivity contribution in [2.75, 3.05) is 0 Å². The Morgan fingerprint density at radius 3 is 2.77 bits per heavy atom. The van der Waals surface area contributed by atoms with E-state index in [4.69, 9.17) is 5.11 Å². The second kappa shape index (κ2) is 3.48. The van der Waals surface area contributed by atoms with Gasteiger partial charge in [-0.15, -0.1) is 0 Å². The van der Waals surface area contributed by atoms with Crippen LogP contribution >= 0.6 is 15.9 Å². The largest absolute Gasteiger partial charge is 0.477 e. The van der Waals surface area contributed by atoms with Crippen LogP contribution in [0, 0.1) is 10.1 Å². The van der Waals surface area contributed by atoms with E-state index >= 15 is 0 Å². The average Bonchev–Trinajstić information content (AvgIpc) is 2.03. The zero-order chi connectivity index (χ0) is 10.0. The number of aromatic nitrogens is 1. The number of hydrogen-bond acceptors (Lipinski definition) is 4. The summed E-state index contributed by atoms with van der Waals surface area (Å²) in [5, 5.41) is 18.9. The van der Waals surface area contributed by atoms with E-state index in [0.29, 0.717) is 0 Å². The van der Waals surface area contributed by atoms with Gasteiger partial charge >= 0.3 is 11.7 Å². The summed E-state index contributed by atoms with van der Waals surface area (Å²) in [6.07, 6.45) is 0.896. The molecule has 0 spiro atoms. The second-order valence-electron chi connectivity index (χ2n) is 2.09. The molecule has 68 valence electrons. The minimum atomic E-state index is -1.35. The minimum Gasteiger partial charge on any atom is -0.477 e. The van der Waals surface area contributed by atoms with E-state index in [9.17, 15) is 14.9 Å². The Morgan fingerprint density at radius 1 is 1.69 bits per heavy atom. The molecule has 13 heavy (non-hydrogen) atoms. The van der Waals surface area contributed by atoms with Gasteiger partial charge in [-0.25, -0.2) is 9.78 Å². The molecule has 1 N–H and O–H groups in total. The summed E-state index contributed by atoms with van der Waals surface area (Å²) < 4.78 is 0.246. The number of nitrogens with zero attached hydrogens (tertiary/aromatic N) is 2. The van der Waals surface area contributed by atoms with Crippen LogP contribution in [-0.4, -0.2) is 21.0 Å². The lowest BCUT2D eigenvalue weighted by atomic mass is 10.2. The summed E-state index contributed by atoms with van der Waals surface area (Å²) >= 11 is 2.92. The van der Waals surface area contributed by atoms with E-state index in [1.807, 2.05) is 0 Å². The Labute approximate surface area is 80.5 Å². The van der Waals surface area contributed by atoms with Gasteiger partial charge in [0.15, 0.2) is 0 Å². The first-order valence-corrected chi connectivity index (χ1v) is 3.85. The summed E-state index contributed by atoms with van der Waals surface area (Å²) in [4.78, 5) is 23.6. The molecular weight excluding hydrogens is 244 g/mol. The lowest BCUT2D eigenvalue weighted by Gasteiger charge is -1.96. The number of carboxylic acid groups (broad SMARTS) is 1. The molecule has 1 aromatic heterocycles. The third-order valence-electron chi connectivity index (χ3n) is 1.28. The first kappa shape index (κ1) is 9.59. The van der Waals surface area contributed by atoms with Crippen molar-refractivity contribution in [1.29, 1.82) is 0 Å². The fourth-order valence-corrected chi connectivity index (χ4v) is 1.07. The zero-order valence-corrected chi connectivity index (χ0v) is 7.69. The lowest BCUT2D eigenvalue weighted by Crippen LogP contribution is -2.03. The van der Waals surface area contributed by atoms with Crippen LogP contribution < -0.4 is 0 Å². The monoisotopic (exact) mass is 246 g/mol. The highest BCUT2D eigenvalue weighted by atomic mass is 79.9. The Balaban J connectivity index is 3.35. The van der Waals surface area contributed by atoms with Gasteiger partial charge in [0.05, 0.1) is 4.92 Å². The van der Waals surface area contributed by atoms with E-state index < -0.39 is 16.6 Å². The number of hydrogen-bond donors (Lipinski definition) is 1. The molecule has 0 amide bonds. The van der Waals surface area contributed by atoms with Crippen molar-refractivity contribution < 1.29 is 14.8 Å². The number of halogens is 1. The summed E-state index contributed by atoms with van der Waals surface area (Å²) in [7, 11) is 0. The molecule has 0 fully saturated rings. The van der Waals surface area contributed by atoms with Crippen LogP contribution in [0.3, 0.4) is 0 Å². The van der Waals surface area contributed by atoms with Crippen LogP contribution in [0.5, 0.6) is 0 Å². The molecule has 0 bridgehead atoms. The highest BCUT2D eigenvalue weighted by molar-refractivity contribution is 9.10. The number of aromatic carboxylic acids is 1. The molecule has 1 heterocycles. The molecule has 0 atom stereocenters. The summed E-state index contributed by atoms with van der Waals surface area (Å²) in [5.41, 5.74) is -0.900. The predicted octanol–water partition coefficient (Wildman–Crippen LogP) is 1.45. The van der Waals surface area contributed by atoms with Gasteiger partial charge in [0.1, 0.15) is 16.4 Å². The van der Waals surface area contributed by atoms with Crippen molar-refractivity contribution in [2.24, 2.45) is 0 Å². The van der Waals surface area contributed by atoms with Crippen molar-refractivity contribution in [3.8, 4) is 0 Å². The third-order valence-corrected chi connectivity index (χ3v) is 1.71. The number of pyridine rings is 1. The molecule has 0 saturated heterocycles. The maximum atomic E-state index is 10.5. The van der Waals surface area contributed by atoms with Crippen LogP contribution in [0.2, 0.25) is 0 Å². The fraction of sp³-hybridized carbons (Fsp3) is 0. The molecule has 0 aliphatic rings. The van der Waals surface area contributed by atoms with Gasteiger partial charge in [0.2, 0.25) is 0 Å². The van der Waals surface area contributed by atoms with E-state index in [-0.39, 0.29) is 10.2 Å². The Hall–Kier alpha value is -1.50. The van der Waals surface area contributed by atoms with Crippen molar-refractivity contribution in [3.05, 3.63) is 32.5 Å². The molecule has 0 radical (unpaired) electrons. The molecule has 0 aromatic carbocycles. The van der Waals surface area contributed by atoms with Crippen LogP contribution in [0.25, 0.3) is 0 Å². The quantitative estimate of drug-likeness (QED) is 0.484. The maximum absolute atomic E-state index is 10.5. The van der Waals surface area contributed by atoms with Crippen molar-refractivity contribution in [1.82, 2.24) is 4.98 Å². The molecule has 0 aliphatic heterocycles. The predicted molar refractivity (Wildman–Crippen MR) is 45.6 cm³/mol. The zero-order valence-electron chi connectivity index (χ0n) is 6.10. The SMILES string of the molecule is O=C(O)c1cc(Br)ncc1[N+](=O)[O-]. The van der Waals surface area contributed by atoms with Gasteiger partial charge in [-0.3, -0.25) is 10.1 Å². The van der Waals surface area contributed by atoms with Gasteiger partial charge in [0, 0.05) is 0 Å². The smallest absolute Gasteiger partial charge is 0.342 e. The molecule has 1 rings (SSSR count). The van der Waals surface area contributed by atoms with Gasteiger partial charge in [0.25, 0.3) is 0 Å². The number of carboxylic acids is 1. The highest BCUT2D eigenvalue weighted by Crippen LogP contribution is 2.20. The molecule has 1 aromatic rings. The lowest BCUT2D eigenvalue weighted by molar-refractivity contribution is -0.385. The first-order valence-electron chi connectivity index (χ1n) is 3.05. The first-order chi connectivity index (χ1) is 6.02. The van der Waals surface area contributed by atoms with Crippen LogP contribution in [0.1, 0.15) is 10.4 Å². The van der Waals surface area contributed by atoms with Crippen LogP contribution in [0.15, 0.2) is 16.9 Å². The van der Waals surface area contributed by atoms with Crippen molar-refractivity contribution in [2.45, 2.75) is 0 Å². The number of nitro groups is 1. The third kappa shape index (κ3) is 2.00. The van der Waals surface area contributed by atoms with Gasteiger partial charge < -0.3 is 5.11 Å². The molecule has 0 saturated carbocycles. The van der Waals surface area contributed by atoms with E-state index in [2.05, 4.69) is 20.9 Å². The highest BCUT2D eigenvalue weighted by Gasteiger charge is 2.20. The molecule has 0 aliphatic carbocycles. The topological polar surface area (TPSA) is 93.3 Å².